The van der Waals surface area contributed by atoms with Gasteiger partial charge < -0.3 is 4.74 Å². The molecule has 0 radical (unpaired) electrons. The first kappa shape index (κ1) is 15.6. The van der Waals surface area contributed by atoms with Crippen molar-refractivity contribution in [2.45, 2.75) is 6.92 Å². The minimum absolute atomic E-state index is 0.256. The van der Waals surface area contributed by atoms with Crippen LogP contribution in [-0.4, -0.2) is 16.2 Å². The van der Waals surface area contributed by atoms with Crippen LogP contribution in [0.1, 0.15) is 16.1 Å². The number of aromatic nitrogens is 2. The Bertz CT molecular complexity index is 857. The van der Waals surface area contributed by atoms with Crippen molar-refractivity contribution in [2.75, 3.05) is 0 Å². The van der Waals surface area contributed by atoms with E-state index < -0.39 is 5.97 Å². The van der Waals surface area contributed by atoms with Gasteiger partial charge in [0.15, 0.2) is 0 Å². The van der Waals surface area contributed by atoms with Gasteiger partial charge >= 0.3 is 5.97 Å². The Balaban J connectivity index is 1.79. The summed E-state index contributed by atoms with van der Waals surface area (Å²) in [5.41, 5.74) is 2.68. The van der Waals surface area contributed by atoms with Gasteiger partial charge in [0.1, 0.15) is 11.4 Å². The summed E-state index contributed by atoms with van der Waals surface area (Å²) in [7, 11) is 0. The number of H-pyrrole nitrogens is 1. The van der Waals surface area contributed by atoms with E-state index in [4.69, 9.17) is 27.9 Å². The first-order valence-electron chi connectivity index (χ1n) is 6.82. The summed E-state index contributed by atoms with van der Waals surface area (Å²) in [6.45, 7) is 1.96. The molecule has 1 heterocycles. The normalized spacial score (nSPS) is 10.6. The minimum atomic E-state index is -0.507. The van der Waals surface area contributed by atoms with Gasteiger partial charge in [-0.15, -0.1) is 0 Å². The lowest BCUT2D eigenvalue weighted by molar-refractivity contribution is 0.0728. The number of ether oxygens (including phenoxy) is 1. The number of carbonyl (C=O) groups excluding carboxylic acids is 1. The molecule has 0 aliphatic heterocycles. The predicted molar refractivity (Wildman–Crippen MR) is 90.2 cm³/mol. The number of benzene rings is 2. The number of aromatic amines is 1. The maximum atomic E-state index is 12.1. The lowest BCUT2D eigenvalue weighted by atomic mass is 10.1. The van der Waals surface area contributed by atoms with Crippen LogP contribution < -0.4 is 4.74 Å². The Morgan fingerprint density at radius 3 is 2.48 bits per heavy atom. The largest absolute Gasteiger partial charge is 0.422 e. The zero-order valence-electron chi connectivity index (χ0n) is 12.1. The SMILES string of the molecule is Cc1ccc(OC(=O)c2cc(-c3ccc(Cl)c(Cl)c3)n[nH]2)cc1. The molecule has 116 valence electrons. The highest BCUT2D eigenvalue weighted by Crippen LogP contribution is 2.28. The zero-order valence-corrected chi connectivity index (χ0v) is 13.7. The minimum Gasteiger partial charge on any atom is -0.422 e. The van der Waals surface area contributed by atoms with Gasteiger partial charge in [-0.25, -0.2) is 4.79 Å². The number of halogens is 2. The van der Waals surface area contributed by atoms with Gasteiger partial charge in [-0.05, 0) is 37.3 Å². The second-order valence-corrected chi connectivity index (χ2v) is 5.81. The Morgan fingerprint density at radius 1 is 1.04 bits per heavy atom. The molecular formula is C17H12Cl2N2O2. The van der Waals surface area contributed by atoms with Crippen LogP contribution in [0.5, 0.6) is 5.75 Å². The van der Waals surface area contributed by atoms with E-state index in [-0.39, 0.29) is 5.69 Å². The first-order chi connectivity index (χ1) is 11.0. The first-order valence-corrected chi connectivity index (χ1v) is 7.58. The summed E-state index contributed by atoms with van der Waals surface area (Å²) >= 11 is 11.9. The van der Waals surface area contributed by atoms with E-state index in [0.717, 1.165) is 11.1 Å². The number of aryl methyl sites for hydroxylation is 1. The van der Waals surface area contributed by atoms with Crippen molar-refractivity contribution in [1.82, 2.24) is 10.2 Å². The van der Waals surface area contributed by atoms with Crippen LogP contribution in [0.25, 0.3) is 11.3 Å². The monoisotopic (exact) mass is 346 g/mol. The third kappa shape index (κ3) is 3.55. The molecule has 0 spiro atoms. The topological polar surface area (TPSA) is 55.0 Å². The average Bonchev–Trinajstić information content (AvgIpc) is 3.02. The van der Waals surface area contributed by atoms with Gasteiger partial charge in [0.05, 0.1) is 15.7 Å². The van der Waals surface area contributed by atoms with E-state index in [1.54, 1.807) is 36.4 Å². The highest BCUT2D eigenvalue weighted by molar-refractivity contribution is 6.42. The molecule has 0 amide bonds. The molecule has 0 aliphatic carbocycles. The smallest absolute Gasteiger partial charge is 0.361 e. The Labute approximate surface area is 143 Å². The number of nitrogens with one attached hydrogen (secondary N) is 1. The summed E-state index contributed by atoms with van der Waals surface area (Å²) in [6.07, 6.45) is 0. The second-order valence-electron chi connectivity index (χ2n) is 5.00. The Morgan fingerprint density at radius 2 is 1.78 bits per heavy atom. The average molecular weight is 347 g/mol. The highest BCUT2D eigenvalue weighted by Gasteiger charge is 2.14. The third-order valence-corrected chi connectivity index (χ3v) is 3.98. The van der Waals surface area contributed by atoms with Crippen LogP contribution >= 0.6 is 23.2 Å². The van der Waals surface area contributed by atoms with E-state index in [2.05, 4.69) is 10.2 Å². The van der Waals surface area contributed by atoms with Crippen LogP contribution in [0.3, 0.4) is 0 Å². The fourth-order valence-electron chi connectivity index (χ4n) is 2.00. The summed E-state index contributed by atoms with van der Waals surface area (Å²) in [5.74, 6) is -0.0287. The highest BCUT2D eigenvalue weighted by atomic mass is 35.5. The second kappa shape index (κ2) is 6.44. The maximum Gasteiger partial charge on any atom is 0.361 e. The molecule has 2 aromatic carbocycles. The van der Waals surface area contributed by atoms with E-state index in [0.29, 0.717) is 21.5 Å². The van der Waals surface area contributed by atoms with Crippen molar-refractivity contribution in [2.24, 2.45) is 0 Å². The Kier molecular flexibility index (Phi) is 4.37. The quantitative estimate of drug-likeness (QED) is 0.541. The zero-order chi connectivity index (χ0) is 16.4. The number of hydrogen-bond acceptors (Lipinski definition) is 3. The van der Waals surface area contributed by atoms with Crippen LogP contribution in [0, 0.1) is 6.92 Å². The standard InChI is InChI=1S/C17H12Cl2N2O2/c1-10-2-5-12(6-3-10)23-17(22)16-9-15(20-21-16)11-4-7-13(18)14(19)8-11/h2-9H,1H3,(H,20,21). The molecule has 3 rings (SSSR count). The molecule has 4 nitrogen and oxygen atoms in total. The molecule has 3 aromatic rings. The van der Waals surface area contributed by atoms with E-state index in [1.165, 1.54) is 0 Å². The van der Waals surface area contributed by atoms with Gasteiger partial charge in [0, 0.05) is 5.56 Å². The number of carbonyl (C=O) groups is 1. The molecule has 0 fully saturated rings. The van der Waals surface area contributed by atoms with E-state index >= 15 is 0 Å². The van der Waals surface area contributed by atoms with Gasteiger partial charge in [0.2, 0.25) is 0 Å². The summed E-state index contributed by atoms with van der Waals surface area (Å²) < 4.78 is 5.29. The summed E-state index contributed by atoms with van der Waals surface area (Å²) in [6, 6.07) is 14.0. The van der Waals surface area contributed by atoms with Gasteiger partial charge in [-0.3, -0.25) is 5.10 Å². The van der Waals surface area contributed by atoms with Crippen molar-refractivity contribution in [3.05, 3.63) is 69.8 Å². The molecule has 0 saturated heterocycles. The number of esters is 1. The summed E-state index contributed by atoms with van der Waals surface area (Å²) in [5, 5.41) is 7.67. The van der Waals surface area contributed by atoms with Gasteiger partial charge in [-0.2, -0.15) is 5.10 Å². The molecule has 1 aromatic heterocycles. The van der Waals surface area contributed by atoms with Crippen molar-refractivity contribution in [3.63, 3.8) is 0 Å². The molecule has 23 heavy (non-hydrogen) atoms. The summed E-state index contributed by atoms with van der Waals surface area (Å²) in [4.78, 5) is 12.1. The van der Waals surface area contributed by atoms with Crippen molar-refractivity contribution >= 4 is 29.2 Å². The number of nitrogens with zero attached hydrogens (tertiary/aromatic N) is 1. The molecule has 0 saturated carbocycles. The number of rotatable bonds is 3. The molecule has 0 unspecified atom stereocenters. The van der Waals surface area contributed by atoms with Crippen molar-refractivity contribution < 1.29 is 9.53 Å². The van der Waals surface area contributed by atoms with E-state index in [1.807, 2.05) is 19.1 Å². The third-order valence-electron chi connectivity index (χ3n) is 3.24. The molecule has 0 atom stereocenters. The number of hydrogen-bond donors (Lipinski definition) is 1. The van der Waals surface area contributed by atoms with Crippen LogP contribution in [0.4, 0.5) is 0 Å². The van der Waals surface area contributed by atoms with Crippen molar-refractivity contribution in [1.29, 1.82) is 0 Å². The van der Waals surface area contributed by atoms with Gasteiger partial charge in [0.25, 0.3) is 0 Å². The predicted octanol–water partition coefficient (Wildman–Crippen LogP) is 4.91. The van der Waals surface area contributed by atoms with Crippen LogP contribution in [-0.2, 0) is 0 Å². The molecule has 0 bridgehead atoms. The lowest BCUT2D eigenvalue weighted by Crippen LogP contribution is -2.08. The van der Waals surface area contributed by atoms with Crippen molar-refractivity contribution in [3.8, 4) is 17.0 Å². The molecule has 0 aliphatic rings. The van der Waals surface area contributed by atoms with Crippen LogP contribution in [0.2, 0.25) is 10.0 Å². The fraction of sp³-hybridized carbons (Fsp3) is 0.0588. The molecule has 1 N–H and O–H groups in total. The maximum absolute atomic E-state index is 12.1. The molecule has 6 heteroatoms. The lowest BCUT2D eigenvalue weighted by Gasteiger charge is -2.02. The van der Waals surface area contributed by atoms with Crippen LogP contribution in [0.15, 0.2) is 48.5 Å². The van der Waals surface area contributed by atoms with E-state index in [9.17, 15) is 4.79 Å². The van der Waals surface area contributed by atoms with Gasteiger partial charge in [-0.1, -0.05) is 47.0 Å². The fourth-order valence-corrected chi connectivity index (χ4v) is 2.30. The Hall–Kier alpha value is -2.30. The molecular weight excluding hydrogens is 335 g/mol.